The van der Waals surface area contributed by atoms with Crippen LogP contribution in [-0.4, -0.2) is 37.1 Å². The van der Waals surface area contributed by atoms with Crippen LogP contribution in [0.1, 0.15) is 44.6 Å². The second-order valence-corrected chi connectivity index (χ2v) is 5.53. The van der Waals surface area contributed by atoms with Gasteiger partial charge in [-0.1, -0.05) is 0 Å². The number of Topliss-reactive ketones (excluding diaryl/α,β-unsaturated/α-hetero) is 1. The van der Waals surface area contributed by atoms with Gasteiger partial charge in [-0.15, -0.1) is 0 Å². The average Bonchev–Trinajstić information content (AvgIpc) is 2.94. The minimum Gasteiger partial charge on any atom is -0.493 e. The molecular formula is C19H20N2O5. The number of hydrogen-bond acceptors (Lipinski definition) is 6. The number of hydrogen-bond donors (Lipinski definition) is 1. The summed E-state index contributed by atoms with van der Waals surface area (Å²) in [6.07, 6.45) is 0. The maximum absolute atomic E-state index is 12.5. The Hall–Kier alpha value is -3.27. The zero-order chi connectivity index (χ0) is 19.3. The lowest BCUT2D eigenvalue weighted by atomic mass is 10.1. The summed E-state index contributed by atoms with van der Waals surface area (Å²) in [5.41, 5.74) is 2.20. The highest BCUT2D eigenvalue weighted by Crippen LogP contribution is 2.28. The molecule has 0 unspecified atom stereocenters. The summed E-state index contributed by atoms with van der Waals surface area (Å²) in [6, 6.07) is 6.68. The minimum absolute atomic E-state index is 0.245. The molecule has 0 amide bonds. The number of esters is 1. The standard InChI is InChI=1S/C19H20N2O5/c1-5-25-19(23)17-11(2)18(21-12(17)3)14(22)10-26-15-7-6-13(9-20)8-16(15)24-4/h6-8,21H,5,10H2,1-4H3. The molecule has 0 spiro atoms. The molecule has 1 N–H and O–H groups in total. The SMILES string of the molecule is CCOC(=O)c1c(C)[nH]c(C(=O)COc2ccc(C#N)cc2OC)c1C. The molecule has 0 aliphatic heterocycles. The van der Waals surface area contributed by atoms with E-state index in [1.54, 1.807) is 32.9 Å². The van der Waals surface area contributed by atoms with Crippen LogP contribution in [0.25, 0.3) is 0 Å². The molecule has 0 aliphatic carbocycles. The number of nitrogens with one attached hydrogen (secondary N) is 1. The van der Waals surface area contributed by atoms with Gasteiger partial charge in [0.2, 0.25) is 5.78 Å². The maximum atomic E-state index is 12.5. The zero-order valence-corrected chi connectivity index (χ0v) is 15.1. The fourth-order valence-corrected chi connectivity index (χ4v) is 2.61. The van der Waals surface area contributed by atoms with Gasteiger partial charge in [0, 0.05) is 11.8 Å². The third-order valence-electron chi connectivity index (χ3n) is 3.85. The smallest absolute Gasteiger partial charge is 0.340 e. The Morgan fingerprint density at radius 2 is 1.96 bits per heavy atom. The van der Waals surface area contributed by atoms with Crippen LogP contribution in [0.2, 0.25) is 0 Å². The quantitative estimate of drug-likeness (QED) is 0.604. The first-order valence-electron chi connectivity index (χ1n) is 8.03. The number of aryl methyl sites for hydroxylation is 1. The first-order chi connectivity index (χ1) is 12.4. The van der Waals surface area contributed by atoms with Crippen LogP contribution in [0.3, 0.4) is 0 Å². The van der Waals surface area contributed by atoms with E-state index in [9.17, 15) is 9.59 Å². The van der Waals surface area contributed by atoms with Crippen LogP contribution in [0.5, 0.6) is 11.5 Å². The molecule has 0 fully saturated rings. The molecule has 7 heteroatoms. The van der Waals surface area contributed by atoms with Crippen LogP contribution < -0.4 is 9.47 Å². The summed E-state index contributed by atoms with van der Waals surface area (Å²) >= 11 is 0. The molecule has 1 aromatic heterocycles. The van der Waals surface area contributed by atoms with Gasteiger partial charge in [0.05, 0.1) is 36.6 Å². The highest BCUT2D eigenvalue weighted by Gasteiger charge is 2.23. The highest BCUT2D eigenvalue weighted by molar-refractivity contribution is 6.02. The van der Waals surface area contributed by atoms with E-state index >= 15 is 0 Å². The number of benzene rings is 1. The minimum atomic E-state index is -0.465. The molecule has 2 aromatic rings. The summed E-state index contributed by atoms with van der Waals surface area (Å²) in [5.74, 6) is -0.0603. The summed E-state index contributed by atoms with van der Waals surface area (Å²) in [6.45, 7) is 5.13. The fraction of sp³-hybridized carbons (Fsp3) is 0.316. The van der Waals surface area contributed by atoms with Crippen molar-refractivity contribution in [2.45, 2.75) is 20.8 Å². The summed E-state index contributed by atoms with van der Waals surface area (Å²) in [4.78, 5) is 27.5. The van der Waals surface area contributed by atoms with Gasteiger partial charge in [-0.05, 0) is 38.5 Å². The van der Waals surface area contributed by atoms with E-state index in [0.717, 1.165) is 0 Å². The van der Waals surface area contributed by atoms with Crippen molar-refractivity contribution in [3.63, 3.8) is 0 Å². The zero-order valence-electron chi connectivity index (χ0n) is 15.1. The number of aromatic amines is 1. The summed E-state index contributed by atoms with van der Waals surface area (Å²) < 4.78 is 15.7. The van der Waals surface area contributed by atoms with E-state index in [1.807, 2.05) is 6.07 Å². The molecular weight excluding hydrogens is 336 g/mol. The normalized spacial score (nSPS) is 10.1. The van der Waals surface area contributed by atoms with Gasteiger partial charge >= 0.3 is 5.97 Å². The molecule has 0 aliphatic rings. The van der Waals surface area contributed by atoms with E-state index in [4.69, 9.17) is 19.5 Å². The van der Waals surface area contributed by atoms with E-state index in [2.05, 4.69) is 4.98 Å². The van der Waals surface area contributed by atoms with Gasteiger partial charge in [0.25, 0.3) is 0 Å². The first-order valence-corrected chi connectivity index (χ1v) is 8.03. The summed E-state index contributed by atoms with van der Waals surface area (Å²) in [5, 5.41) is 8.91. The van der Waals surface area contributed by atoms with Gasteiger partial charge in [0.15, 0.2) is 18.1 Å². The van der Waals surface area contributed by atoms with E-state index in [-0.39, 0.29) is 19.0 Å². The predicted molar refractivity (Wildman–Crippen MR) is 93.8 cm³/mol. The van der Waals surface area contributed by atoms with Crippen molar-refractivity contribution in [1.29, 1.82) is 5.26 Å². The number of H-pyrrole nitrogens is 1. The van der Waals surface area contributed by atoms with Gasteiger partial charge in [0.1, 0.15) is 0 Å². The largest absolute Gasteiger partial charge is 0.493 e. The Morgan fingerprint density at radius 3 is 2.58 bits per heavy atom. The number of carbonyl (C=O) groups excluding carboxylic acids is 2. The van der Waals surface area contributed by atoms with E-state index < -0.39 is 5.97 Å². The van der Waals surface area contributed by atoms with Crippen molar-refractivity contribution < 1.29 is 23.8 Å². The number of nitriles is 1. The third kappa shape index (κ3) is 3.86. The Labute approximate surface area is 151 Å². The maximum Gasteiger partial charge on any atom is 0.340 e. The van der Waals surface area contributed by atoms with Crippen molar-refractivity contribution in [3.05, 3.63) is 46.3 Å². The molecule has 0 radical (unpaired) electrons. The van der Waals surface area contributed by atoms with Crippen molar-refractivity contribution in [2.24, 2.45) is 0 Å². The van der Waals surface area contributed by atoms with E-state index in [1.165, 1.54) is 13.2 Å². The highest BCUT2D eigenvalue weighted by atomic mass is 16.5. The number of ether oxygens (including phenoxy) is 3. The number of aromatic nitrogens is 1. The summed E-state index contributed by atoms with van der Waals surface area (Å²) in [7, 11) is 1.45. The third-order valence-corrected chi connectivity index (χ3v) is 3.85. The lowest BCUT2D eigenvalue weighted by molar-refractivity contribution is 0.0525. The van der Waals surface area contributed by atoms with Crippen LogP contribution >= 0.6 is 0 Å². The Morgan fingerprint density at radius 1 is 1.23 bits per heavy atom. The Kier molecular flexibility index (Phi) is 6.02. The molecule has 7 nitrogen and oxygen atoms in total. The number of ketones is 1. The van der Waals surface area contributed by atoms with Gasteiger partial charge in [-0.3, -0.25) is 4.79 Å². The molecule has 2 rings (SSSR count). The topological polar surface area (TPSA) is 101 Å². The molecule has 136 valence electrons. The second kappa shape index (κ2) is 8.21. The Bertz CT molecular complexity index is 877. The lowest BCUT2D eigenvalue weighted by Crippen LogP contribution is -2.14. The molecule has 0 atom stereocenters. The monoisotopic (exact) mass is 356 g/mol. The number of carbonyl (C=O) groups is 2. The van der Waals surface area contributed by atoms with Crippen molar-refractivity contribution >= 4 is 11.8 Å². The van der Waals surface area contributed by atoms with Crippen LogP contribution in [0.15, 0.2) is 18.2 Å². The van der Waals surface area contributed by atoms with Crippen molar-refractivity contribution in [1.82, 2.24) is 4.98 Å². The molecule has 26 heavy (non-hydrogen) atoms. The molecule has 1 aromatic carbocycles. The van der Waals surface area contributed by atoms with Crippen molar-refractivity contribution in [3.8, 4) is 17.6 Å². The molecule has 0 saturated heterocycles. The fourth-order valence-electron chi connectivity index (χ4n) is 2.61. The van der Waals surface area contributed by atoms with Crippen LogP contribution in [0.4, 0.5) is 0 Å². The van der Waals surface area contributed by atoms with Gasteiger partial charge in [-0.25, -0.2) is 4.79 Å². The molecule has 0 bridgehead atoms. The number of methoxy groups -OCH3 is 1. The number of nitrogens with zero attached hydrogens (tertiary/aromatic N) is 1. The lowest BCUT2D eigenvalue weighted by Gasteiger charge is -2.10. The Balaban J connectivity index is 2.18. The second-order valence-electron chi connectivity index (χ2n) is 5.53. The predicted octanol–water partition coefficient (Wildman–Crippen LogP) is 2.95. The van der Waals surface area contributed by atoms with Crippen molar-refractivity contribution in [2.75, 3.05) is 20.3 Å². The first kappa shape index (κ1) is 19.1. The van der Waals surface area contributed by atoms with Crippen LogP contribution in [0, 0.1) is 25.2 Å². The molecule has 1 heterocycles. The molecule has 0 saturated carbocycles. The van der Waals surface area contributed by atoms with Gasteiger partial charge < -0.3 is 19.2 Å². The van der Waals surface area contributed by atoms with Crippen LogP contribution in [-0.2, 0) is 4.74 Å². The van der Waals surface area contributed by atoms with Gasteiger partial charge in [-0.2, -0.15) is 5.26 Å². The van der Waals surface area contributed by atoms with E-state index in [0.29, 0.717) is 39.6 Å². The number of rotatable bonds is 7. The average molecular weight is 356 g/mol.